The highest BCUT2D eigenvalue weighted by Crippen LogP contribution is 2.03. The van der Waals surface area contributed by atoms with Crippen molar-refractivity contribution < 1.29 is 19.2 Å². The van der Waals surface area contributed by atoms with Gasteiger partial charge in [0.25, 0.3) is 0 Å². The molecule has 0 aliphatic heterocycles. The van der Waals surface area contributed by atoms with Crippen molar-refractivity contribution in [2.75, 3.05) is 19.0 Å². The molecule has 96 valence electrons. The maximum atomic E-state index is 11.6. The van der Waals surface area contributed by atoms with Gasteiger partial charge >= 0.3 is 5.97 Å². The summed E-state index contributed by atoms with van der Waals surface area (Å²) in [5, 5.41) is 5.85. The third-order valence-corrected chi connectivity index (χ3v) is 1.73. The number of amides is 1. The van der Waals surface area contributed by atoms with Gasteiger partial charge in [-0.25, -0.2) is 14.8 Å². The highest BCUT2D eigenvalue weighted by molar-refractivity contribution is 6.42. The van der Waals surface area contributed by atoms with Crippen LogP contribution in [0.1, 0.15) is 12.7 Å². The molecule has 0 saturated carbocycles. The molecule has 0 aliphatic rings. The van der Waals surface area contributed by atoms with Crippen LogP contribution in [0.4, 0.5) is 5.82 Å². The summed E-state index contributed by atoms with van der Waals surface area (Å²) in [5.41, 5.74) is -0.172. The topological polar surface area (TPSA) is 103 Å². The number of carbonyl (C=O) groups is 2. The third kappa shape index (κ3) is 3.51. The van der Waals surface area contributed by atoms with E-state index in [4.69, 9.17) is 4.74 Å². The van der Waals surface area contributed by atoms with E-state index in [1.165, 1.54) is 19.4 Å². The molecule has 0 spiro atoms. The largest absolute Gasteiger partial charge is 0.461 e. The van der Waals surface area contributed by atoms with E-state index in [9.17, 15) is 9.59 Å². The van der Waals surface area contributed by atoms with Crippen molar-refractivity contribution in [1.82, 2.24) is 9.97 Å². The van der Waals surface area contributed by atoms with Crippen LogP contribution in [0, 0.1) is 0 Å². The van der Waals surface area contributed by atoms with Gasteiger partial charge in [0.15, 0.2) is 5.82 Å². The summed E-state index contributed by atoms with van der Waals surface area (Å²) in [5.74, 6) is -0.465. The van der Waals surface area contributed by atoms with E-state index >= 15 is 0 Å². The summed E-state index contributed by atoms with van der Waals surface area (Å²) < 4.78 is 4.79. The number of oxime groups is 1. The van der Waals surface area contributed by atoms with E-state index in [1.807, 2.05) is 0 Å². The van der Waals surface area contributed by atoms with Crippen LogP contribution >= 0.6 is 0 Å². The van der Waals surface area contributed by atoms with E-state index < -0.39 is 5.97 Å². The van der Waals surface area contributed by atoms with Gasteiger partial charge in [-0.2, -0.15) is 0 Å². The summed E-state index contributed by atoms with van der Waals surface area (Å²) in [7, 11) is 1.28. The number of hydrogen-bond donors (Lipinski definition) is 1. The van der Waals surface area contributed by atoms with Gasteiger partial charge in [0.1, 0.15) is 12.9 Å². The molecular weight excluding hydrogens is 240 g/mol. The molecule has 0 atom stereocenters. The standard InChI is InChI=1S/C10H12N4O4/c1-3-18-10(16)8(14-17-2)9-11-5-4-7(13-9)12-6-15/h4-6H,3H2,1-2H3,(H,11,12,13,15). The highest BCUT2D eigenvalue weighted by atomic mass is 16.6. The van der Waals surface area contributed by atoms with Crippen LogP contribution in [-0.4, -0.2) is 41.8 Å². The summed E-state index contributed by atoms with van der Waals surface area (Å²) in [6.45, 7) is 1.85. The number of aromatic nitrogens is 2. The Hall–Kier alpha value is -2.51. The molecule has 1 aromatic rings. The van der Waals surface area contributed by atoms with E-state index in [2.05, 4.69) is 25.3 Å². The maximum Gasteiger partial charge on any atom is 0.364 e. The van der Waals surface area contributed by atoms with Crippen molar-refractivity contribution in [3.63, 3.8) is 0 Å². The quantitative estimate of drug-likeness (QED) is 0.330. The maximum absolute atomic E-state index is 11.6. The predicted octanol–water partition coefficient (Wildman–Crippen LogP) is -0.0415. The third-order valence-electron chi connectivity index (χ3n) is 1.73. The number of anilines is 1. The Balaban J connectivity index is 3.06. The van der Waals surface area contributed by atoms with Gasteiger partial charge in [0.2, 0.25) is 12.1 Å². The molecule has 0 aromatic carbocycles. The van der Waals surface area contributed by atoms with Crippen molar-refractivity contribution in [1.29, 1.82) is 0 Å². The first kappa shape index (κ1) is 13.6. The Labute approximate surface area is 103 Å². The Morgan fingerprint density at radius 1 is 1.61 bits per heavy atom. The zero-order chi connectivity index (χ0) is 13.4. The second-order valence-corrected chi connectivity index (χ2v) is 2.87. The molecule has 1 heterocycles. The normalized spacial score (nSPS) is 10.7. The Kier molecular flexibility index (Phi) is 5.23. The van der Waals surface area contributed by atoms with E-state index in [0.717, 1.165) is 0 Å². The molecule has 0 radical (unpaired) electrons. The minimum absolute atomic E-state index is 0.00199. The number of rotatable bonds is 6. The minimum atomic E-state index is -0.706. The Morgan fingerprint density at radius 2 is 2.39 bits per heavy atom. The minimum Gasteiger partial charge on any atom is -0.461 e. The predicted molar refractivity (Wildman–Crippen MR) is 61.9 cm³/mol. The molecule has 1 amide bonds. The van der Waals surface area contributed by atoms with Gasteiger partial charge in [0.05, 0.1) is 6.61 Å². The lowest BCUT2D eigenvalue weighted by Crippen LogP contribution is -2.22. The van der Waals surface area contributed by atoms with Crippen LogP contribution in [-0.2, 0) is 19.2 Å². The smallest absolute Gasteiger partial charge is 0.364 e. The van der Waals surface area contributed by atoms with Crippen LogP contribution in [0.2, 0.25) is 0 Å². The Morgan fingerprint density at radius 3 is 3.00 bits per heavy atom. The number of nitrogens with one attached hydrogen (secondary N) is 1. The first-order valence-electron chi connectivity index (χ1n) is 5.04. The fraction of sp³-hybridized carbons (Fsp3) is 0.300. The van der Waals surface area contributed by atoms with Crippen molar-refractivity contribution >= 4 is 23.9 Å². The summed E-state index contributed by atoms with van der Waals surface area (Å²) in [6, 6.07) is 1.47. The van der Waals surface area contributed by atoms with Crippen LogP contribution in [0.25, 0.3) is 0 Å². The first-order valence-corrected chi connectivity index (χ1v) is 5.04. The summed E-state index contributed by atoms with van der Waals surface area (Å²) in [4.78, 5) is 34.2. The van der Waals surface area contributed by atoms with Crippen LogP contribution in [0.5, 0.6) is 0 Å². The molecule has 0 saturated heterocycles. The molecule has 0 bridgehead atoms. The van der Waals surface area contributed by atoms with Crippen LogP contribution < -0.4 is 5.32 Å². The monoisotopic (exact) mass is 252 g/mol. The second-order valence-electron chi connectivity index (χ2n) is 2.87. The lowest BCUT2D eigenvalue weighted by atomic mass is 10.3. The number of esters is 1. The zero-order valence-corrected chi connectivity index (χ0v) is 9.91. The SMILES string of the molecule is CCOC(=O)C(=NOC)c1nccc(NC=O)n1. The van der Waals surface area contributed by atoms with Gasteiger partial charge in [-0.05, 0) is 13.0 Å². The van der Waals surface area contributed by atoms with Crippen LogP contribution in [0.3, 0.4) is 0 Å². The highest BCUT2D eigenvalue weighted by Gasteiger charge is 2.19. The van der Waals surface area contributed by atoms with Gasteiger partial charge < -0.3 is 14.9 Å². The average molecular weight is 252 g/mol. The lowest BCUT2D eigenvalue weighted by Gasteiger charge is -2.05. The molecule has 0 fully saturated rings. The van der Waals surface area contributed by atoms with Gasteiger partial charge in [0, 0.05) is 6.20 Å². The molecular formula is C10H12N4O4. The van der Waals surface area contributed by atoms with Crippen molar-refractivity contribution in [2.24, 2.45) is 5.16 Å². The molecule has 0 aliphatic carbocycles. The molecule has 8 nitrogen and oxygen atoms in total. The number of nitrogens with zero attached hydrogens (tertiary/aromatic N) is 3. The molecule has 1 N–H and O–H groups in total. The first-order chi connectivity index (χ1) is 8.72. The number of ether oxygens (including phenoxy) is 1. The van der Waals surface area contributed by atoms with Gasteiger partial charge in [-0.15, -0.1) is 0 Å². The van der Waals surface area contributed by atoms with Gasteiger partial charge in [-0.3, -0.25) is 4.79 Å². The van der Waals surface area contributed by atoms with Crippen molar-refractivity contribution in [3.05, 3.63) is 18.1 Å². The molecule has 1 aromatic heterocycles. The van der Waals surface area contributed by atoms with Crippen molar-refractivity contribution in [2.45, 2.75) is 6.92 Å². The molecule has 8 heteroatoms. The fourth-order valence-corrected chi connectivity index (χ4v) is 1.07. The lowest BCUT2D eigenvalue weighted by molar-refractivity contribution is -0.135. The summed E-state index contributed by atoms with van der Waals surface area (Å²) >= 11 is 0. The number of carbonyl (C=O) groups excluding carboxylic acids is 2. The molecule has 18 heavy (non-hydrogen) atoms. The fourth-order valence-electron chi connectivity index (χ4n) is 1.07. The molecule has 1 rings (SSSR count). The number of hydrogen-bond acceptors (Lipinski definition) is 7. The molecule has 0 unspecified atom stereocenters. The van der Waals surface area contributed by atoms with E-state index in [-0.39, 0.29) is 24.0 Å². The zero-order valence-electron chi connectivity index (χ0n) is 9.91. The van der Waals surface area contributed by atoms with Crippen molar-refractivity contribution in [3.8, 4) is 0 Å². The van der Waals surface area contributed by atoms with Gasteiger partial charge in [-0.1, -0.05) is 5.16 Å². The second kappa shape index (κ2) is 6.94. The summed E-state index contributed by atoms with van der Waals surface area (Å²) in [6.07, 6.45) is 1.84. The average Bonchev–Trinajstić information content (AvgIpc) is 2.37. The van der Waals surface area contributed by atoms with Crippen LogP contribution in [0.15, 0.2) is 17.4 Å². The van der Waals surface area contributed by atoms with E-state index in [1.54, 1.807) is 6.92 Å². The van der Waals surface area contributed by atoms with E-state index in [0.29, 0.717) is 6.41 Å². The Bertz CT molecular complexity index is 461.